The Labute approximate surface area is 151 Å². The van der Waals surface area contributed by atoms with Crippen LogP contribution < -0.4 is 5.32 Å². The van der Waals surface area contributed by atoms with Crippen LogP contribution in [0.5, 0.6) is 0 Å². The first kappa shape index (κ1) is 18.9. The van der Waals surface area contributed by atoms with Gasteiger partial charge in [0.05, 0.1) is 11.8 Å². The van der Waals surface area contributed by atoms with E-state index in [0.29, 0.717) is 17.3 Å². The number of carbonyl (C=O) groups excluding carboxylic acids is 2. The molecular formula is C18H22N4O2S. The summed E-state index contributed by atoms with van der Waals surface area (Å²) in [5.41, 5.74) is 1.60. The molecule has 1 N–H and O–H groups in total. The molecule has 6 nitrogen and oxygen atoms in total. The van der Waals surface area contributed by atoms with Crippen LogP contribution in [-0.2, 0) is 11.3 Å². The van der Waals surface area contributed by atoms with Crippen LogP contribution in [0.2, 0.25) is 0 Å². The van der Waals surface area contributed by atoms with Crippen LogP contribution in [0.4, 0.5) is 0 Å². The number of hydrogen-bond donors (Lipinski definition) is 1. The predicted molar refractivity (Wildman–Crippen MR) is 98.7 cm³/mol. The van der Waals surface area contributed by atoms with E-state index in [2.05, 4.69) is 22.1 Å². The Kier molecular flexibility index (Phi) is 6.52. The number of nitrogens with one attached hydrogen (secondary N) is 1. The Hall–Kier alpha value is -2.41. The molecule has 1 aromatic heterocycles. The van der Waals surface area contributed by atoms with Gasteiger partial charge in [-0.15, -0.1) is 16.8 Å². The summed E-state index contributed by atoms with van der Waals surface area (Å²) in [6.45, 7) is 9.60. The Bertz CT molecular complexity index is 768. The zero-order valence-electron chi connectivity index (χ0n) is 14.7. The summed E-state index contributed by atoms with van der Waals surface area (Å²) >= 11 is 1.36. The number of nitrogens with zero attached hydrogens (tertiary/aromatic N) is 3. The van der Waals surface area contributed by atoms with Crippen molar-refractivity contribution in [1.82, 2.24) is 20.1 Å². The maximum Gasteiger partial charge on any atom is 0.217 e. The first-order valence-electron chi connectivity index (χ1n) is 7.96. The lowest BCUT2D eigenvalue weighted by Gasteiger charge is -2.13. The van der Waals surface area contributed by atoms with Crippen molar-refractivity contribution in [3.05, 3.63) is 53.9 Å². The first-order valence-corrected chi connectivity index (χ1v) is 8.94. The lowest BCUT2D eigenvalue weighted by Crippen LogP contribution is -2.23. The number of hydrogen-bond acceptors (Lipinski definition) is 5. The lowest BCUT2D eigenvalue weighted by atomic mass is 10.0. The third-order valence-electron chi connectivity index (χ3n) is 3.70. The molecular weight excluding hydrogens is 336 g/mol. The molecule has 0 aliphatic rings. The van der Waals surface area contributed by atoms with E-state index in [1.165, 1.54) is 18.7 Å². The average molecular weight is 358 g/mol. The van der Waals surface area contributed by atoms with E-state index in [4.69, 9.17) is 0 Å². The number of thioether (sulfide) groups is 1. The Morgan fingerprint density at radius 3 is 2.60 bits per heavy atom. The summed E-state index contributed by atoms with van der Waals surface area (Å²) in [6.07, 6.45) is 1.78. The summed E-state index contributed by atoms with van der Waals surface area (Å²) in [4.78, 5) is 23.5. The molecule has 25 heavy (non-hydrogen) atoms. The molecule has 7 heteroatoms. The van der Waals surface area contributed by atoms with E-state index in [-0.39, 0.29) is 23.5 Å². The number of allylic oxidation sites excluding steroid dienone is 1. The maximum atomic E-state index is 12.4. The molecule has 1 atom stereocenters. The summed E-state index contributed by atoms with van der Waals surface area (Å²) in [6, 6.07) is 7.22. The Morgan fingerprint density at radius 2 is 2.00 bits per heavy atom. The normalized spacial score (nSPS) is 11.8. The number of rotatable bonds is 8. The standard InChI is InChI=1S/C18H22N4O2S/c1-5-10-22-13(3)20-21-18(22)25-11-17(24)16-8-6-15(7-9-16)12(2)19-14(4)23/h5-9,12H,1,10-11H2,2-4H3,(H,19,23)/t12-/m1/s1. The van der Waals surface area contributed by atoms with E-state index in [1.807, 2.05) is 30.5 Å². The second kappa shape index (κ2) is 8.62. The van der Waals surface area contributed by atoms with Crippen LogP contribution in [0.25, 0.3) is 0 Å². The number of Topliss-reactive ketones (excluding diaryl/α,β-unsaturated/α-hetero) is 1. The zero-order valence-corrected chi connectivity index (χ0v) is 15.5. The van der Waals surface area contributed by atoms with Crippen molar-refractivity contribution < 1.29 is 9.59 Å². The highest BCUT2D eigenvalue weighted by atomic mass is 32.2. The summed E-state index contributed by atoms with van der Waals surface area (Å²) in [5.74, 6) is 1.03. The molecule has 0 fully saturated rings. The SMILES string of the molecule is C=CCn1c(C)nnc1SCC(=O)c1ccc([C@@H](C)NC(C)=O)cc1. The Morgan fingerprint density at radius 1 is 1.32 bits per heavy atom. The smallest absolute Gasteiger partial charge is 0.217 e. The average Bonchev–Trinajstić information content (AvgIpc) is 2.93. The number of aromatic nitrogens is 3. The van der Waals surface area contributed by atoms with Gasteiger partial charge in [-0.3, -0.25) is 9.59 Å². The maximum absolute atomic E-state index is 12.4. The van der Waals surface area contributed by atoms with Crippen molar-refractivity contribution in [1.29, 1.82) is 0 Å². The quantitative estimate of drug-likeness (QED) is 0.446. The molecule has 1 amide bonds. The van der Waals surface area contributed by atoms with Crippen LogP contribution in [0.1, 0.15) is 41.6 Å². The number of ketones is 1. The fourth-order valence-electron chi connectivity index (χ4n) is 2.37. The first-order chi connectivity index (χ1) is 11.9. The highest BCUT2D eigenvalue weighted by Crippen LogP contribution is 2.19. The number of aryl methyl sites for hydroxylation is 1. The summed E-state index contributed by atoms with van der Waals surface area (Å²) in [7, 11) is 0. The van der Waals surface area contributed by atoms with E-state index >= 15 is 0 Å². The molecule has 0 radical (unpaired) electrons. The van der Waals surface area contributed by atoms with E-state index in [1.54, 1.807) is 18.2 Å². The molecule has 0 aliphatic carbocycles. The number of carbonyl (C=O) groups is 2. The molecule has 0 aliphatic heterocycles. The lowest BCUT2D eigenvalue weighted by molar-refractivity contribution is -0.119. The third-order valence-corrected chi connectivity index (χ3v) is 4.67. The van der Waals surface area contributed by atoms with E-state index < -0.39 is 0 Å². The minimum absolute atomic E-state index is 0.0227. The molecule has 0 unspecified atom stereocenters. The summed E-state index contributed by atoms with van der Waals surface area (Å²) in [5, 5.41) is 11.7. The molecule has 132 valence electrons. The monoisotopic (exact) mass is 358 g/mol. The van der Waals surface area contributed by atoms with Crippen molar-refractivity contribution in [2.45, 2.75) is 38.5 Å². The summed E-state index contributed by atoms with van der Waals surface area (Å²) < 4.78 is 1.92. The van der Waals surface area contributed by atoms with Gasteiger partial charge in [0.1, 0.15) is 5.82 Å². The van der Waals surface area contributed by atoms with Crippen LogP contribution >= 0.6 is 11.8 Å². The van der Waals surface area contributed by atoms with Crippen LogP contribution in [0.3, 0.4) is 0 Å². The second-order valence-corrected chi connectivity index (χ2v) is 6.63. The molecule has 2 aromatic rings. The minimum atomic E-state index is -0.0866. The molecule has 0 spiro atoms. The molecule has 1 heterocycles. The molecule has 2 rings (SSSR count). The molecule has 0 saturated heterocycles. The predicted octanol–water partition coefficient (Wildman–Crippen LogP) is 2.94. The van der Waals surface area contributed by atoms with Gasteiger partial charge < -0.3 is 9.88 Å². The fourth-order valence-corrected chi connectivity index (χ4v) is 3.25. The van der Waals surface area contributed by atoms with Crippen molar-refractivity contribution in [2.24, 2.45) is 0 Å². The van der Waals surface area contributed by atoms with Crippen LogP contribution in [0.15, 0.2) is 42.1 Å². The van der Waals surface area contributed by atoms with Gasteiger partial charge in [-0.05, 0) is 19.4 Å². The topological polar surface area (TPSA) is 76.9 Å². The number of amides is 1. The largest absolute Gasteiger partial charge is 0.350 e. The van der Waals surface area contributed by atoms with Gasteiger partial charge in [0.15, 0.2) is 10.9 Å². The van der Waals surface area contributed by atoms with Gasteiger partial charge in [-0.1, -0.05) is 42.1 Å². The van der Waals surface area contributed by atoms with E-state index in [9.17, 15) is 9.59 Å². The Balaban J connectivity index is 1.99. The minimum Gasteiger partial charge on any atom is -0.350 e. The zero-order chi connectivity index (χ0) is 18.4. The van der Waals surface area contributed by atoms with Gasteiger partial charge >= 0.3 is 0 Å². The molecule has 0 saturated carbocycles. The van der Waals surface area contributed by atoms with Gasteiger partial charge in [-0.25, -0.2) is 0 Å². The van der Waals surface area contributed by atoms with Crippen LogP contribution in [-0.4, -0.2) is 32.2 Å². The van der Waals surface area contributed by atoms with Crippen molar-refractivity contribution >= 4 is 23.5 Å². The van der Waals surface area contributed by atoms with Crippen molar-refractivity contribution in [2.75, 3.05) is 5.75 Å². The van der Waals surface area contributed by atoms with Gasteiger partial charge in [0, 0.05) is 19.0 Å². The van der Waals surface area contributed by atoms with Crippen molar-refractivity contribution in [3.63, 3.8) is 0 Å². The molecule has 0 bridgehead atoms. The van der Waals surface area contributed by atoms with Crippen LogP contribution in [0, 0.1) is 6.92 Å². The third kappa shape index (κ3) is 5.03. The van der Waals surface area contributed by atoms with Gasteiger partial charge in [-0.2, -0.15) is 0 Å². The van der Waals surface area contributed by atoms with E-state index in [0.717, 1.165) is 11.4 Å². The van der Waals surface area contributed by atoms with Crippen molar-refractivity contribution in [3.8, 4) is 0 Å². The highest BCUT2D eigenvalue weighted by molar-refractivity contribution is 7.99. The highest BCUT2D eigenvalue weighted by Gasteiger charge is 2.13. The fraction of sp³-hybridized carbons (Fsp3) is 0.333. The molecule has 1 aromatic carbocycles. The second-order valence-electron chi connectivity index (χ2n) is 5.69. The number of benzene rings is 1. The van der Waals surface area contributed by atoms with Gasteiger partial charge in [0.25, 0.3) is 0 Å². The van der Waals surface area contributed by atoms with Gasteiger partial charge in [0.2, 0.25) is 5.91 Å².